The van der Waals surface area contributed by atoms with Crippen LogP contribution in [0, 0.1) is 0 Å². The molecular weight excluding hydrogens is 831 g/mol. The van der Waals surface area contributed by atoms with Crippen LogP contribution in [0.4, 0.5) is 17.1 Å². The maximum Gasteiger partial charge on any atom is 0.0618 e. The molecule has 1 heteroatoms. The van der Waals surface area contributed by atoms with Gasteiger partial charge in [0.15, 0.2) is 0 Å². The summed E-state index contributed by atoms with van der Waals surface area (Å²) >= 11 is 0. The summed E-state index contributed by atoms with van der Waals surface area (Å²) < 4.78 is 0. The van der Waals surface area contributed by atoms with Gasteiger partial charge >= 0.3 is 0 Å². The third kappa shape index (κ3) is 7.76. The van der Waals surface area contributed by atoms with Crippen LogP contribution in [0.15, 0.2) is 285 Å². The topological polar surface area (TPSA) is 3.24 Å². The van der Waals surface area contributed by atoms with E-state index in [4.69, 9.17) is 0 Å². The van der Waals surface area contributed by atoms with Crippen molar-refractivity contribution in [3.8, 4) is 77.9 Å². The van der Waals surface area contributed by atoms with E-state index in [0.29, 0.717) is 0 Å². The van der Waals surface area contributed by atoms with Gasteiger partial charge in [-0.3, -0.25) is 0 Å². The monoisotopic (exact) mass is 877 g/mol. The van der Waals surface area contributed by atoms with Crippen molar-refractivity contribution in [2.45, 2.75) is 0 Å². The van der Waals surface area contributed by atoms with Crippen LogP contribution < -0.4 is 4.90 Å². The smallest absolute Gasteiger partial charge is 0.0618 e. The SMILES string of the molecule is c1ccc(-c2ccc(N(c3ccc(-c4cccc5c(-c6ccccc6)c(-c6ccccc6)c6ccccc6c45)cc3)c3c(-c4ccccc4)cccc3-c3ccccc3)cc2-c2ccccc2)cc1. The van der Waals surface area contributed by atoms with Crippen molar-refractivity contribution in [2.75, 3.05) is 4.90 Å². The van der Waals surface area contributed by atoms with Crippen molar-refractivity contribution in [2.24, 2.45) is 0 Å². The largest absolute Gasteiger partial charge is 0.309 e. The van der Waals surface area contributed by atoms with Gasteiger partial charge in [-0.1, -0.05) is 261 Å². The van der Waals surface area contributed by atoms with Crippen molar-refractivity contribution in [3.63, 3.8) is 0 Å². The van der Waals surface area contributed by atoms with E-state index in [0.717, 1.165) is 44.9 Å². The Balaban J connectivity index is 1.11. The number of benzene rings is 12. The maximum atomic E-state index is 2.48. The zero-order valence-corrected chi connectivity index (χ0v) is 38.1. The lowest BCUT2D eigenvalue weighted by atomic mass is 9.83. The highest BCUT2D eigenvalue weighted by molar-refractivity contribution is 6.25. The molecular formula is C68H47N. The van der Waals surface area contributed by atoms with Crippen molar-refractivity contribution in [1.29, 1.82) is 0 Å². The molecule has 69 heavy (non-hydrogen) atoms. The highest BCUT2D eigenvalue weighted by atomic mass is 15.1. The van der Waals surface area contributed by atoms with E-state index in [1.54, 1.807) is 0 Å². The molecule has 324 valence electrons. The zero-order chi connectivity index (χ0) is 45.9. The van der Waals surface area contributed by atoms with Gasteiger partial charge in [0.05, 0.1) is 5.69 Å². The molecule has 0 radical (unpaired) electrons. The lowest BCUT2D eigenvalue weighted by molar-refractivity contribution is 1.28. The number of anilines is 3. The number of nitrogens with zero attached hydrogens (tertiary/aromatic N) is 1. The van der Waals surface area contributed by atoms with Gasteiger partial charge in [-0.25, -0.2) is 0 Å². The van der Waals surface area contributed by atoms with Crippen LogP contribution in [-0.2, 0) is 0 Å². The Morgan fingerprint density at radius 1 is 0.203 bits per heavy atom. The number of hydrogen-bond acceptors (Lipinski definition) is 1. The first-order valence-electron chi connectivity index (χ1n) is 23.8. The summed E-state index contributed by atoms with van der Waals surface area (Å²) in [7, 11) is 0. The number of hydrogen-bond donors (Lipinski definition) is 0. The van der Waals surface area contributed by atoms with Crippen LogP contribution in [0.3, 0.4) is 0 Å². The summed E-state index contributed by atoms with van der Waals surface area (Å²) in [5, 5.41) is 4.97. The third-order valence-corrected chi connectivity index (χ3v) is 13.5. The van der Waals surface area contributed by atoms with Crippen LogP contribution >= 0.6 is 0 Å². The Morgan fingerprint density at radius 3 is 1.09 bits per heavy atom. The molecule has 12 aromatic carbocycles. The minimum absolute atomic E-state index is 1.06. The summed E-state index contributed by atoms with van der Waals surface area (Å²) in [6, 6.07) is 104. The van der Waals surface area contributed by atoms with E-state index >= 15 is 0 Å². The fraction of sp³-hybridized carbons (Fsp3) is 0. The molecule has 0 heterocycles. The normalized spacial score (nSPS) is 11.2. The summed E-state index contributed by atoms with van der Waals surface area (Å²) in [5.74, 6) is 0. The third-order valence-electron chi connectivity index (χ3n) is 13.5. The second-order valence-electron chi connectivity index (χ2n) is 17.5. The van der Waals surface area contributed by atoms with Gasteiger partial charge < -0.3 is 4.90 Å². The van der Waals surface area contributed by atoms with Crippen LogP contribution in [0.5, 0.6) is 0 Å². The first kappa shape index (κ1) is 41.4. The molecule has 0 amide bonds. The van der Waals surface area contributed by atoms with E-state index in [2.05, 4.69) is 290 Å². The molecule has 0 aromatic heterocycles. The Kier molecular flexibility index (Phi) is 11.0. The van der Waals surface area contributed by atoms with Crippen LogP contribution in [0.1, 0.15) is 0 Å². The minimum Gasteiger partial charge on any atom is -0.309 e. The molecule has 0 unspecified atom stereocenters. The van der Waals surface area contributed by atoms with E-state index in [9.17, 15) is 0 Å². The Labute approximate surface area is 404 Å². The van der Waals surface area contributed by atoms with Crippen LogP contribution in [0.25, 0.3) is 99.4 Å². The Morgan fingerprint density at radius 2 is 0.565 bits per heavy atom. The molecule has 0 spiro atoms. The average molecular weight is 878 g/mol. The molecule has 0 N–H and O–H groups in total. The van der Waals surface area contributed by atoms with Gasteiger partial charge in [0.1, 0.15) is 0 Å². The average Bonchev–Trinajstić information content (AvgIpc) is 3.44. The summed E-state index contributed by atoms with van der Waals surface area (Å²) in [6.07, 6.45) is 0. The molecule has 12 aromatic rings. The van der Waals surface area contributed by atoms with Gasteiger partial charge in [0, 0.05) is 22.5 Å². The Bertz CT molecular complexity index is 3660. The van der Waals surface area contributed by atoms with Gasteiger partial charge in [-0.15, -0.1) is 0 Å². The van der Waals surface area contributed by atoms with Crippen molar-refractivity contribution >= 4 is 38.6 Å². The minimum atomic E-state index is 1.06. The van der Waals surface area contributed by atoms with E-state index in [1.165, 1.54) is 71.6 Å². The zero-order valence-electron chi connectivity index (χ0n) is 38.1. The molecule has 0 aliphatic heterocycles. The van der Waals surface area contributed by atoms with Crippen molar-refractivity contribution in [1.82, 2.24) is 0 Å². The molecule has 0 fully saturated rings. The molecule has 0 aliphatic rings. The molecule has 1 nitrogen and oxygen atoms in total. The second-order valence-corrected chi connectivity index (χ2v) is 17.5. The standard InChI is InChI=1S/C68H47N/c1-7-23-48(24-8-1)57-46-45-56(47-64(57)51-29-13-4-14-30-51)69(68-59(49-25-9-2-10-26-49)38-22-39-60(68)50-27-11-3-12-28-50)55-43-41-52(42-44-55)58-37-21-40-63-66(54-33-17-6-18-34-54)65(53-31-15-5-16-32-53)61-35-19-20-36-62(61)67(58)63/h1-47H. The van der Waals surface area contributed by atoms with Crippen LogP contribution in [-0.4, -0.2) is 0 Å². The summed E-state index contributed by atoms with van der Waals surface area (Å²) in [5.41, 5.74) is 19.8. The number of fused-ring (bicyclic) bond motifs is 3. The first-order chi connectivity index (χ1) is 34.3. The molecule has 0 saturated carbocycles. The fourth-order valence-electron chi connectivity index (χ4n) is 10.4. The summed E-state index contributed by atoms with van der Waals surface area (Å²) in [4.78, 5) is 2.48. The van der Waals surface area contributed by atoms with Gasteiger partial charge in [-0.05, 0) is 113 Å². The van der Waals surface area contributed by atoms with E-state index in [1.807, 2.05) is 0 Å². The quantitative estimate of drug-likeness (QED) is 0.124. The molecule has 0 atom stereocenters. The van der Waals surface area contributed by atoms with Gasteiger partial charge in [0.25, 0.3) is 0 Å². The molecule has 0 bridgehead atoms. The fourth-order valence-corrected chi connectivity index (χ4v) is 10.4. The second kappa shape index (κ2) is 18.3. The highest BCUT2D eigenvalue weighted by Gasteiger charge is 2.24. The van der Waals surface area contributed by atoms with Gasteiger partial charge in [0.2, 0.25) is 0 Å². The Hall–Kier alpha value is -9.04. The maximum absolute atomic E-state index is 2.48. The lowest BCUT2D eigenvalue weighted by Gasteiger charge is -2.31. The van der Waals surface area contributed by atoms with E-state index in [-0.39, 0.29) is 0 Å². The first-order valence-corrected chi connectivity index (χ1v) is 23.8. The lowest BCUT2D eigenvalue weighted by Crippen LogP contribution is -2.13. The van der Waals surface area contributed by atoms with Crippen molar-refractivity contribution < 1.29 is 0 Å². The predicted molar refractivity (Wildman–Crippen MR) is 294 cm³/mol. The van der Waals surface area contributed by atoms with Crippen molar-refractivity contribution in [3.05, 3.63) is 285 Å². The number of para-hydroxylation sites is 1. The molecule has 0 aliphatic carbocycles. The predicted octanol–water partition coefficient (Wildman–Crippen LogP) is 19.1. The number of rotatable bonds is 10. The van der Waals surface area contributed by atoms with E-state index < -0.39 is 0 Å². The molecule has 0 saturated heterocycles. The highest BCUT2D eigenvalue weighted by Crippen LogP contribution is 2.50. The van der Waals surface area contributed by atoms with Crippen LogP contribution in [0.2, 0.25) is 0 Å². The molecule has 12 rings (SSSR count). The summed E-state index contributed by atoms with van der Waals surface area (Å²) in [6.45, 7) is 0. The van der Waals surface area contributed by atoms with Gasteiger partial charge in [-0.2, -0.15) is 0 Å².